The van der Waals surface area contributed by atoms with Crippen molar-refractivity contribution >= 4 is 0 Å². The first-order chi connectivity index (χ1) is 16.2. The molecule has 4 rings (SSSR count). The number of nitrogens with zero attached hydrogens (tertiary/aromatic N) is 3. The van der Waals surface area contributed by atoms with Crippen LogP contribution in [-0.4, -0.2) is 96.5 Å². The predicted octanol–water partition coefficient (Wildman–Crippen LogP) is 7.59. The van der Waals surface area contributed by atoms with Crippen LogP contribution in [-0.2, 0) is 34.1 Å². The van der Waals surface area contributed by atoms with E-state index < -0.39 is 0 Å². The van der Waals surface area contributed by atoms with Crippen LogP contribution in [0.15, 0.2) is 0 Å². The third kappa shape index (κ3) is 25.6. The van der Waals surface area contributed by atoms with E-state index in [1.165, 1.54) is 129 Å². The third-order valence-electron chi connectivity index (χ3n) is 8.09. The van der Waals surface area contributed by atoms with Crippen molar-refractivity contribution in [2.75, 3.05) is 83.1 Å². The molecule has 0 aromatic heterocycles. The van der Waals surface area contributed by atoms with Gasteiger partial charge in [-0.25, -0.2) is 0 Å². The van der Waals surface area contributed by atoms with E-state index in [2.05, 4.69) is 63.4 Å². The van der Waals surface area contributed by atoms with Gasteiger partial charge in [-0.15, -0.1) is 0 Å². The van der Waals surface area contributed by atoms with Gasteiger partial charge in [0.15, 0.2) is 0 Å². The Hall–Kier alpha value is 0.919. The molecule has 5 heteroatoms. The quantitative estimate of drug-likeness (QED) is 0.215. The van der Waals surface area contributed by atoms with E-state index in [9.17, 15) is 0 Å². The Balaban J connectivity index is 0. The SMILES string of the molecule is C1CCCC1.C[N+](C)(C)CC1CCCC1.C[N+](C)(C)CC1CCCC1.C[N+](C)(C)CC1CCCC1.[Fe].[Fe]. The monoisotopic (exact) mass is 608 g/mol. The molecule has 0 aromatic rings. The van der Waals surface area contributed by atoms with Crippen LogP contribution in [0, 0.1) is 17.8 Å². The average Bonchev–Trinajstić information content (AvgIpc) is 3.50. The summed E-state index contributed by atoms with van der Waals surface area (Å²) in [6.45, 7) is 4.12. The number of hydrogen-bond acceptors (Lipinski definition) is 0. The van der Waals surface area contributed by atoms with Crippen molar-refractivity contribution in [2.24, 2.45) is 17.8 Å². The zero-order valence-corrected chi connectivity index (χ0v) is 29.1. The molecule has 0 aliphatic heterocycles. The number of hydrogen-bond donors (Lipinski definition) is 0. The topological polar surface area (TPSA) is 0 Å². The van der Waals surface area contributed by atoms with Gasteiger partial charge in [-0.2, -0.15) is 0 Å². The summed E-state index contributed by atoms with van der Waals surface area (Å²) in [5.41, 5.74) is 0. The second-order valence-electron chi connectivity index (χ2n) is 15.6. The second kappa shape index (κ2) is 20.7. The summed E-state index contributed by atoms with van der Waals surface area (Å²) in [6, 6.07) is 0. The molecule has 0 saturated heterocycles. The molecule has 0 amide bonds. The smallest absolute Gasteiger partial charge is 0.0809 e. The van der Waals surface area contributed by atoms with Crippen LogP contribution in [0.3, 0.4) is 0 Å². The van der Waals surface area contributed by atoms with Crippen LogP contribution in [0.5, 0.6) is 0 Å². The molecule has 4 aliphatic rings. The predicted molar refractivity (Wildman–Crippen MR) is 158 cm³/mol. The Kier molecular flexibility index (Phi) is 22.5. The first kappa shape index (κ1) is 40.1. The van der Waals surface area contributed by atoms with Crippen molar-refractivity contribution in [1.29, 1.82) is 0 Å². The van der Waals surface area contributed by atoms with Gasteiger partial charge in [-0.1, -0.05) is 70.6 Å². The van der Waals surface area contributed by atoms with E-state index >= 15 is 0 Å². The Morgan fingerprint density at radius 1 is 0.324 bits per heavy atom. The normalized spacial score (nSPS) is 21.0. The molecule has 226 valence electrons. The molecule has 0 unspecified atom stereocenters. The molecule has 0 atom stereocenters. The minimum atomic E-state index is 0. The summed E-state index contributed by atoms with van der Waals surface area (Å²) in [6.07, 6.45) is 25.3. The molecule has 0 heterocycles. The van der Waals surface area contributed by atoms with Gasteiger partial charge in [-0.05, 0) is 38.5 Å². The van der Waals surface area contributed by atoms with Gasteiger partial charge in [0.25, 0.3) is 0 Å². The summed E-state index contributed by atoms with van der Waals surface area (Å²) in [7, 11) is 20.6. The summed E-state index contributed by atoms with van der Waals surface area (Å²) < 4.78 is 3.43. The van der Waals surface area contributed by atoms with E-state index in [1.807, 2.05) is 0 Å². The Morgan fingerprint density at radius 3 is 0.622 bits per heavy atom. The average molecular weight is 609 g/mol. The maximum atomic E-state index is 2.29. The molecule has 0 bridgehead atoms. The van der Waals surface area contributed by atoms with Crippen LogP contribution in [0.1, 0.15) is 109 Å². The number of rotatable bonds is 6. The molecular weight excluding hydrogens is 538 g/mol. The minimum Gasteiger partial charge on any atom is -0.331 e. The van der Waals surface area contributed by atoms with Gasteiger partial charge >= 0.3 is 0 Å². The van der Waals surface area contributed by atoms with Gasteiger partial charge in [0.2, 0.25) is 0 Å². The summed E-state index contributed by atoms with van der Waals surface area (Å²) in [5, 5.41) is 0. The van der Waals surface area contributed by atoms with E-state index in [0.717, 1.165) is 31.2 Å². The van der Waals surface area contributed by atoms with Crippen molar-refractivity contribution in [3.63, 3.8) is 0 Å². The molecule has 4 saturated carbocycles. The summed E-state index contributed by atoms with van der Waals surface area (Å²) in [5.74, 6) is 3.08. The third-order valence-corrected chi connectivity index (χ3v) is 8.09. The Labute approximate surface area is 256 Å². The fourth-order valence-corrected chi connectivity index (χ4v) is 6.79. The molecule has 0 radical (unpaired) electrons. The van der Waals surface area contributed by atoms with Gasteiger partial charge in [0.1, 0.15) is 0 Å². The Bertz CT molecular complexity index is 423. The zero-order chi connectivity index (χ0) is 26.4. The van der Waals surface area contributed by atoms with E-state index in [0.29, 0.717) is 0 Å². The van der Waals surface area contributed by atoms with Crippen molar-refractivity contribution in [2.45, 2.75) is 109 Å². The number of quaternary nitrogens is 3. The molecule has 0 aromatic carbocycles. The van der Waals surface area contributed by atoms with E-state index in [1.54, 1.807) is 0 Å². The maximum absolute atomic E-state index is 2.29. The first-order valence-electron chi connectivity index (χ1n) is 15.6. The fourth-order valence-electron chi connectivity index (χ4n) is 6.79. The fraction of sp³-hybridized carbons (Fsp3) is 1.00. The molecule has 4 aliphatic carbocycles. The van der Waals surface area contributed by atoms with Gasteiger partial charge < -0.3 is 13.4 Å². The molecule has 0 spiro atoms. The largest absolute Gasteiger partial charge is 0.331 e. The molecule has 3 nitrogen and oxygen atoms in total. The summed E-state index contributed by atoms with van der Waals surface area (Å²) >= 11 is 0. The van der Waals surface area contributed by atoms with Crippen LogP contribution >= 0.6 is 0 Å². The van der Waals surface area contributed by atoms with Crippen LogP contribution in [0.25, 0.3) is 0 Å². The molecule has 37 heavy (non-hydrogen) atoms. The van der Waals surface area contributed by atoms with Crippen molar-refractivity contribution in [3.05, 3.63) is 0 Å². The zero-order valence-electron chi connectivity index (χ0n) is 26.9. The second-order valence-corrected chi connectivity index (χ2v) is 15.6. The van der Waals surface area contributed by atoms with Crippen molar-refractivity contribution in [3.8, 4) is 0 Å². The Morgan fingerprint density at radius 2 is 0.486 bits per heavy atom. The first-order valence-corrected chi connectivity index (χ1v) is 15.6. The summed E-state index contributed by atoms with van der Waals surface area (Å²) in [4.78, 5) is 0. The van der Waals surface area contributed by atoms with Crippen molar-refractivity contribution < 1.29 is 47.6 Å². The van der Waals surface area contributed by atoms with Crippen LogP contribution in [0.4, 0.5) is 0 Å². The molecular formula is C32H70Fe2N3+3. The maximum Gasteiger partial charge on any atom is 0.0809 e. The van der Waals surface area contributed by atoms with E-state index in [4.69, 9.17) is 0 Å². The van der Waals surface area contributed by atoms with Crippen LogP contribution in [0.2, 0.25) is 0 Å². The van der Waals surface area contributed by atoms with Gasteiger partial charge in [0.05, 0.1) is 83.1 Å². The van der Waals surface area contributed by atoms with E-state index in [-0.39, 0.29) is 34.1 Å². The standard InChI is InChI=1S/3C9H20N.C5H10.2Fe/c3*1-10(2,3)8-9-6-4-5-7-9;1-2-4-5-3-1;;/h3*9H,4-8H2,1-3H3;1-5H2;;/q3*+1;;;. The van der Waals surface area contributed by atoms with Gasteiger partial charge in [-0.3, -0.25) is 0 Å². The minimum absolute atomic E-state index is 0. The van der Waals surface area contributed by atoms with Gasteiger partial charge in [0, 0.05) is 51.9 Å². The molecule has 0 N–H and O–H groups in total. The van der Waals surface area contributed by atoms with Crippen LogP contribution < -0.4 is 0 Å². The molecule has 4 fully saturated rings. The van der Waals surface area contributed by atoms with Crippen molar-refractivity contribution in [1.82, 2.24) is 0 Å².